The highest BCUT2D eigenvalue weighted by molar-refractivity contribution is 7.99. The van der Waals surface area contributed by atoms with E-state index in [0.717, 1.165) is 38.8 Å². The van der Waals surface area contributed by atoms with E-state index in [-0.39, 0.29) is 5.25 Å². The van der Waals surface area contributed by atoms with E-state index in [2.05, 4.69) is 67.3 Å². The van der Waals surface area contributed by atoms with Crippen LogP contribution >= 0.6 is 11.8 Å². The van der Waals surface area contributed by atoms with Gasteiger partial charge in [-0.05, 0) is 61.1 Å². The number of nitrogens with zero attached hydrogens (tertiary/aromatic N) is 3. The van der Waals surface area contributed by atoms with Crippen molar-refractivity contribution in [2.45, 2.75) is 54.6 Å². The molecular weight excluding hydrogens is 452 g/mol. The Bertz CT molecular complexity index is 1170. The maximum atomic E-state index is 12.6. The second kappa shape index (κ2) is 8.71. The predicted octanol–water partition coefficient (Wildman–Crippen LogP) is 4.70. The van der Waals surface area contributed by atoms with Crippen LogP contribution in [0.3, 0.4) is 0 Å². The first-order valence-electron chi connectivity index (χ1n) is 12.0. The van der Waals surface area contributed by atoms with Crippen LogP contribution in [0.2, 0.25) is 0 Å². The van der Waals surface area contributed by atoms with E-state index in [1.807, 2.05) is 11.8 Å². The second-order valence-electron chi connectivity index (χ2n) is 9.42. The van der Waals surface area contributed by atoms with E-state index >= 15 is 0 Å². The monoisotopic (exact) mass is 486 g/mol. The van der Waals surface area contributed by atoms with Crippen LogP contribution in [0, 0.1) is 0 Å². The molecule has 1 aliphatic carbocycles. The number of benzene rings is 2. The Morgan fingerprint density at radius 1 is 0.939 bits per heavy atom. The van der Waals surface area contributed by atoms with Gasteiger partial charge in [0, 0.05) is 61.4 Å². The van der Waals surface area contributed by atoms with Crippen molar-refractivity contribution in [3.05, 3.63) is 35.4 Å². The standard InChI is InChI=1S/C25H34N4O2S2/c1-5-17-13-19(27(3)4)15-22-24(17)26-25-18(6-2)14-20(16-23(25)32-22)28-9-11-29(12-10-28)33(30,31)21-7-8-21/h13-16,21,26H,5-12H2,1-4H3. The molecule has 33 heavy (non-hydrogen) atoms. The van der Waals surface area contributed by atoms with Crippen molar-refractivity contribution in [3.8, 4) is 0 Å². The number of rotatable bonds is 6. The average Bonchev–Trinajstić information content (AvgIpc) is 3.67. The molecule has 1 N–H and O–H groups in total. The Morgan fingerprint density at radius 3 is 2.12 bits per heavy atom. The highest BCUT2D eigenvalue weighted by Gasteiger charge is 2.41. The van der Waals surface area contributed by atoms with E-state index in [9.17, 15) is 8.42 Å². The third-order valence-electron chi connectivity index (χ3n) is 6.99. The van der Waals surface area contributed by atoms with Gasteiger partial charge in [-0.15, -0.1) is 0 Å². The molecular formula is C25H34N4O2S2. The molecule has 2 fully saturated rings. The van der Waals surface area contributed by atoms with Gasteiger partial charge in [-0.2, -0.15) is 4.31 Å². The third-order valence-corrected chi connectivity index (χ3v) is 10.5. The predicted molar refractivity (Wildman–Crippen MR) is 139 cm³/mol. The summed E-state index contributed by atoms with van der Waals surface area (Å²) in [6.45, 7) is 7.07. The van der Waals surface area contributed by atoms with Gasteiger partial charge in [0.05, 0.1) is 16.6 Å². The first-order chi connectivity index (χ1) is 15.8. The summed E-state index contributed by atoms with van der Waals surface area (Å²) >= 11 is 1.85. The zero-order valence-electron chi connectivity index (χ0n) is 20.0. The number of fused-ring (bicyclic) bond motifs is 2. The van der Waals surface area contributed by atoms with E-state index in [1.165, 1.54) is 43.7 Å². The zero-order chi connectivity index (χ0) is 23.3. The van der Waals surface area contributed by atoms with Gasteiger partial charge in [-0.25, -0.2) is 8.42 Å². The lowest BCUT2D eigenvalue weighted by Crippen LogP contribution is -2.49. The van der Waals surface area contributed by atoms with Gasteiger partial charge in [0.1, 0.15) is 0 Å². The number of sulfonamides is 1. The van der Waals surface area contributed by atoms with Crippen molar-refractivity contribution in [1.82, 2.24) is 4.31 Å². The third kappa shape index (κ3) is 4.21. The summed E-state index contributed by atoms with van der Waals surface area (Å²) in [6, 6.07) is 9.14. The van der Waals surface area contributed by atoms with Crippen LogP contribution in [-0.4, -0.2) is 58.2 Å². The smallest absolute Gasteiger partial charge is 0.217 e. The molecule has 1 saturated carbocycles. The average molecular weight is 487 g/mol. The molecule has 8 heteroatoms. The Morgan fingerprint density at radius 2 is 1.55 bits per heavy atom. The van der Waals surface area contributed by atoms with Crippen LogP contribution in [0.1, 0.15) is 37.8 Å². The minimum absolute atomic E-state index is 0.123. The van der Waals surface area contributed by atoms with Gasteiger partial charge in [-0.3, -0.25) is 0 Å². The molecule has 5 rings (SSSR count). The Labute approximate surface area is 202 Å². The van der Waals surface area contributed by atoms with Crippen molar-refractivity contribution in [3.63, 3.8) is 0 Å². The van der Waals surface area contributed by atoms with E-state index in [1.54, 1.807) is 4.31 Å². The fourth-order valence-electron chi connectivity index (χ4n) is 4.78. The lowest BCUT2D eigenvalue weighted by molar-refractivity contribution is 0.384. The van der Waals surface area contributed by atoms with Crippen LogP contribution in [0.15, 0.2) is 34.1 Å². The van der Waals surface area contributed by atoms with Crippen LogP contribution < -0.4 is 15.1 Å². The van der Waals surface area contributed by atoms with E-state index < -0.39 is 10.0 Å². The van der Waals surface area contributed by atoms with Gasteiger partial charge >= 0.3 is 0 Å². The van der Waals surface area contributed by atoms with Crippen molar-refractivity contribution >= 4 is 44.5 Å². The molecule has 0 radical (unpaired) electrons. The molecule has 0 aromatic heterocycles. The van der Waals surface area contributed by atoms with Gasteiger partial charge in [-0.1, -0.05) is 25.6 Å². The molecule has 2 aliphatic heterocycles. The molecule has 2 aromatic carbocycles. The first-order valence-corrected chi connectivity index (χ1v) is 14.3. The molecule has 0 atom stereocenters. The van der Waals surface area contributed by atoms with E-state index in [0.29, 0.717) is 13.1 Å². The zero-order valence-corrected chi connectivity index (χ0v) is 21.7. The maximum Gasteiger partial charge on any atom is 0.217 e. The van der Waals surface area contributed by atoms with Gasteiger partial charge < -0.3 is 15.1 Å². The summed E-state index contributed by atoms with van der Waals surface area (Å²) in [5.74, 6) is 0. The number of nitrogens with one attached hydrogen (secondary N) is 1. The van der Waals surface area contributed by atoms with Crippen LogP contribution in [0.4, 0.5) is 22.7 Å². The lowest BCUT2D eigenvalue weighted by Gasteiger charge is -2.36. The summed E-state index contributed by atoms with van der Waals surface area (Å²) < 4.78 is 27.0. The number of hydrogen-bond acceptors (Lipinski definition) is 6. The normalized spacial score (nSPS) is 18.5. The molecule has 0 spiro atoms. The summed E-state index contributed by atoms with van der Waals surface area (Å²) in [6.07, 6.45) is 3.59. The lowest BCUT2D eigenvalue weighted by atomic mass is 10.0. The van der Waals surface area contributed by atoms with Crippen molar-refractivity contribution in [2.24, 2.45) is 0 Å². The first kappa shape index (κ1) is 22.9. The fraction of sp³-hybridized carbons (Fsp3) is 0.520. The van der Waals surface area contributed by atoms with Crippen molar-refractivity contribution in [1.29, 1.82) is 0 Å². The van der Waals surface area contributed by atoms with Gasteiger partial charge in [0.2, 0.25) is 10.0 Å². The molecule has 2 heterocycles. The Kier molecular flexibility index (Phi) is 6.04. The van der Waals surface area contributed by atoms with Crippen molar-refractivity contribution < 1.29 is 8.42 Å². The quantitative estimate of drug-likeness (QED) is 0.545. The molecule has 0 unspecified atom stereocenters. The topological polar surface area (TPSA) is 55.9 Å². The van der Waals surface area contributed by atoms with Crippen LogP contribution in [0.5, 0.6) is 0 Å². The highest BCUT2D eigenvalue weighted by atomic mass is 32.2. The largest absolute Gasteiger partial charge is 0.378 e. The summed E-state index contributed by atoms with van der Waals surface area (Å²) in [5.41, 5.74) is 7.54. The summed E-state index contributed by atoms with van der Waals surface area (Å²) in [5, 5.41) is 3.65. The molecule has 2 aromatic rings. The molecule has 1 saturated heterocycles. The Hall–Kier alpha value is -1.90. The summed E-state index contributed by atoms with van der Waals surface area (Å²) in [4.78, 5) is 7.04. The molecule has 6 nitrogen and oxygen atoms in total. The second-order valence-corrected chi connectivity index (χ2v) is 12.7. The van der Waals surface area contributed by atoms with Crippen LogP contribution in [-0.2, 0) is 22.9 Å². The molecule has 178 valence electrons. The van der Waals surface area contributed by atoms with Gasteiger partial charge in [0.25, 0.3) is 0 Å². The number of aryl methyl sites for hydroxylation is 2. The maximum absolute atomic E-state index is 12.6. The number of hydrogen-bond donors (Lipinski definition) is 1. The molecule has 0 amide bonds. The fourth-order valence-corrected chi connectivity index (χ4v) is 7.77. The SMILES string of the molecule is CCc1cc(N(C)C)cc2c1Nc1c(CC)cc(N3CCN(S(=O)(=O)C4CC4)CC3)cc1S2. The van der Waals surface area contributed by atoms with Crippen molar-refractivity contribution in [2.75, 3.05) is 55.4 Å². The minimum atomic E-state index is -3.08. The Balaban J connectivity index is 1.42. The van der Waals surface area contributed by atoms with Crippen LogP contribution in [0.25, 0.3) is 0 Å². The molecule has 3 aliphatic rings. The number of piperazine rings is 1. The van der Waals surface area contributed by atoms with E-state index in [4.69, 9.17) is 0 Å². The number of anilines is 4. The highest BCUT2D eigenvalue weighted by Crippen LogP contribution is 2.50. The van der Waals surface area contributed by atoms with Gasteiger partial charge in [0.15, 0.2) is 0 Å². The minimum Gasteiger partial charge on any atom is -0.378 e. The molecule has 0 bridgehead atoms. The summed E-state index contributed by atoms with van der Waals surface area (Å²) in [7, 11) is 1.09.